The highest BCUT2D eigenvalue weighted by Crippen LogP contribution is 2.24. The zero-order chi connectivity index (χ0) is 13.8. The van der Waals surface area contributed by atoms with E-state index in [0.29, 0.717) is 5.11 Å². The SMILES string of the molecule is Cc1nc2ccc(NC(=S)NCC[NH+](C)C)cc2s1. The number of quaternary nitrogens is 1. The number of nitrogens with zero attached hydrogens (tertiary/aromatic N) is 1. The van der Waals surface area contributed by atoms with Crippen LogP contribution in [-0.4, -0.2) is 37.3 Å². The minimum absolute atomic E-state index is 0.668. The van der Waals surface area contributed by atoms with Crippen LogP contribution in [0.15, 0.2) is 18.2 Å². The first-order valence-electron chi connectivity index (χ1n) is 6.25. The smallest absolute Gasteiger partial charge is 0.170 e. The minimum atomic E-state index is 0.668. The van der Waals surface area contributed by atoms with Gasteiger partial charge in [0, 0.05) is 5.69 Å². The second kappa shape index (κ2) is 6.27. The van der Waals surface area contributed by atoms with Crippen LogP contribution in [0.2, 0.25) is 0 Å². The van der Waals surface area contributed by atoms with Crippen LogP contribution in [0, 0.1) is 6.92 Å². The summed E-state index contributed by atoms with van der Waals surface area (Å²) in [5.74, 6) is 0. The lowest BCUT2D eigenvalue weighted by Crippen LogP contribution is -3.06. The van der Waals surface area contributed by atoms with Crippen molar-refractivity contribution in [1.82, 2.24) is 10.3 Å². The van der Waals surface area contributed by atoms with Crippen molar-refractivity contribution < 1.29 is 4.90 Å². The van der Waals surface area contributed by atoms with Crippen LogP contribution in [0.4, 0.5) is 5.69 Å². The Kier molecular flexibility index (Phi) is 4.68. The number of hydrogen-bond donors (Lipinski definition) is 3. The van der Waals surface area contributed by atoms with Crippen LogP contribution in [-0.2, 0) is 0 Å². The number of thiocarbonyl (C=S) groups is 1. The lowest BCUT2D eigenvalue weighted by Gasteiger charge is -2.11. The number of aromatic nitrogens is 1. The molecule has 0 spiro atoms. The predicted molar refractivity (Wildman–Crippen MR) is 86.3 cm³/mol. The molecule has 2 aromatic rings. The molecule has 1 aromatic heterocycles. The third-order valence-corrected chi connectivity index (χ3v) is 3.84. The highest BCUT2D eigenvalue weighted by atomic mass is 32.1. The quantitative estimate of drug-likeness (QED) is 0.737. The van der Waals surface area contributed by atoms with Crippen LogP contribution in [0.5, 0.6) is 0 Å². The van der Waals surface area contributed by atoms with E-state index < -0.39 is 0 Å². The molecule has 0 radical (unpaired) electrons. The molecule has 0 amide bonds. The Balaban J connectivity index is 1.95. The maximum absolute atomic E-state index is 5.27. The Morgan fingerprint density at radius 1 is 1.42 bits per heavy atom. The Labute approximate surface area is 122 Å². The highest BCUT2D eigenvalue weighted by Gasteiger charge is 2.03. The predicted octanol–water partition coefficient (Wildman–Crippen LogP) is 1.04. The van der Waals surface area contributed by atoms with Gasteiger partial charge < -0.3 is 15.5 Å². The molecule has 3 N–H and O–H groups in total. The molecule has 4 nitrogen and oxygen atoms in total. The molecule has 1 aromatic carbocycles. The highest BCUT2D eigenvalue weighted by molar-refractivity contribution is 7.80. The third kappa shape index (κ3) is 4.12. The average Bonchev–Trinajstić information content (AvgIpc) is 2.67. The fraction of sp³-hybridized carbons (Fsp3) is 0.385. The van der Waals surface area contributed by atoms with E-state index in [1.807, 2.05) is 19.1 Å². The van der Waals surface area contributed by atoms with E-state index in [2.05, 4.69) is 35.8 Å². The van der Waals surface area contributed by atoms with Gasteiger partial charge in [-0.25, -0.2) is 4.98 Å². The summed E-state index contributed by atoms with van der Waals surface area (Å²) in [6, 6.07) is 6.12. The van der Waals surface area contributed by atoms with E-state index in [9.17, 15) is 0 Å². The number of thiazole rings is 1. The van der Waals surface area contributed by atoms with Gasteiger partial charge in [-0.3, -0.25) is 0 Å². The number of fused-ring (bicyclic) bond motifs is 1. The fourth-order valence-corrected chi connectivity index (χ4v) is 2.81. The first kappa shape index (κ1) is 14.2. The summed E-state index contributed by atoms with van der Waals surface area (Å²) in [5, 5.41) is 8.16. The third-order valence-electron chi connectivity index (χ3n) is 2.66. The molecule has 6 heteroatoms. The van der Waals surface area contributed by atoms with E-state index in [-0.39, 0.29) is 0 Å². The van der Waals surface area contributed by atoms with Crippen molar-refractivity contribution in [2.45, 2.75) is 6.92 Å². The second-order valence-corrected chi connectivity index (χ2v) is 6.40. The Hall–Kier alpha value is -1.24. The maximum atomic E-state index is 5.27. The standard InChI is InChI=1S/C13H18N4S2/c1-9-15-11-5-4-10(8-12(11)19-9)16-13(18)14-6-7-17(2)3/h4-5,8H,6-7H2,1-3H3,(H2,14,16,18)/p+1. The molecule has 0 aliphatic carbocycles. The topological polar surface area (TPSA) is 41.4 Å². The molecule has 0 saturated carbocycles. The normalized spacial score (nSPS) is 10.9. The van der Waals surface area contributed by atoms with Crippen molar-refractivity contribution >= 4 is 44.6 Å². The van der Waals surface area contributed by atoms with Crippen molar-refractivity contribution in [3.05, 3.63) is 23.2 Å². The molecular formula is C13H19N4S2+. The summed E-state index contributed by atoms with van der Waals surface area (Å²) in [6.45, 7) is 3.93. The van der Waals surface area contributed by atoms with Gasteiger partial charge in [0.2, 0.25) is 0 Å². The van der Waals surface area contributed by atoms with Gasteiger partial charge in [-0.1, -0.05) is 0 Å². The summed E-state index contributed by atoms with van der Waals surface area (Å²) in [4.78, 5) is 5.84. The van der Waals surface area contributed by atoms with Gasteiger partial charge >= 0.3 is 0 Å². The van der Waals surface area contributed by atoms with Crippen molar-refractivity contribution in [2.24, 2.45) is 0 Å². The Bertz CT molecular complexity index is 577. The summed E-state index contributed by atoms with van der Waals surface area (Å²) < 4.78 is 1.18. The van der Waals surface area contributed by atoms with Gasteiger partial charge in [-0.15, -0.1) is 11.3 Å². The van der Waals surface area contributed by atoms with Gasteiger partial charge in [0.15, 0.2) is 5.11 Å². The molecule has 0 atom stereocenters. The van der Waals surface area contributed by atoms with Gasteiger partial charge in [0.05, 0.1) is 42.4 Å². The fourth-order valence-electron chi connectivity index (χ4n) is 1.72. The number of aryl methyl sites for hydroxylation is 1. The molecule has 102 valence electrons. The number of likely N-dealkylation sites (N-methyl/N-ethyl adjacent to an activating group) is 1. The number of anilines is 1. The summed E-state index contributed by atoms with van der Waals surface area (Å²) in [7, 11) is 4.25. The van der Waals surface area contributed by atoms with Gasteiger partial charge in [-0.05, 0) is 37.3 Å². The van der Waals surface area contributed by atoms with Crippen molar-refractivity contribution in [3.8, 4) is 0 Å². The molecule has 1 heterocycles. The van der Waals surface area contributed by atoms with Gasteiger partial charge in [-0.2, -0.15) is 0 Å². The summed E-state index contributed by atoms with van der Waals surface area (Å²) in [6.07, 6.45) is 0. The van der Waals surface area contributed by atoms with E-state index in [4.69, 9.17) is 12.2 Å². The lowest BCUT2D eigenvalue weighted by molar-refractivity contribution is -0.856. The molecule has 19 heavy (non-hydrogen) atoms. The van der Waals surface area contributed by atoms with Crippen LogP contribution in [0.1, 0.15) is 5.01 Å². The molecule has 0 aliphatic heterocycles. The zero-order valence-electron chi connectivity index (χ0n) is 11.4. The first-order chi connectivity index (χ1) is 9.04. The lowest BCUT2D eigenvalue weighted by atomic mass is 10.3. The molecule has 0 unspecified atom stereocenters. The molecular weight excluding hydrogens is 276 g/mol. The van der Waals surface area contributed by atoms with E-state index in [1.54, 1.807) is 11.3 Å². The molecule has 0 saturated heterocycles. The largest absolute Gasteiger partial charge is 0.357 e. The number of hydrogen-bond acceptors (Lipinski definition) is 3. The van der Waals surface area contributed by atoms with Crippen LogP contribution >= 0.6 is 23.6 Å². The van der Waals surface area contributed by atoms with Crippen LogP contribution in [0.3, 0.4) is 0 Å². The van der Waals surface area contributed by atoms with Crippen molar-refractivity contribution in [2.75, 3.05) is 32.5 Å². The number of benzene rings is 1. The Morgan fingerprint density at radius 2 is 2.21 bits per heavy atom. The van der Waals surface area contributed by atoms with Crippen molar-refractivity contribution in [1.29, 1.82) is 0 Å². The first-order valence-corrected chi connectivity index (χ1v) is 7.48. The maximum Gasteiger partial charge on any atom is 0.170 e. The zero-order valence-corrected chi connectivity index (χ0v) is 13.0. The van der Waals surface area contributed by atoms with Crippen LogP contribution in [0.25, 0.3) is 10.2 Å². The number of nitrogens with one attached hydrogen (secondary N) is 3. The number of rotatable bonds is 4. The van der Waals surface area contributed by atoms with E-state index >= 15 is 0 Å². The summed E-state index contributed by atoms with van der Waals surface area (Å²) in [5.41, 5.74) is 2.05. The Morgan fingerprint density at radius 3 is 2.95 bits per heavy atom. The monoisotopic (exact) mass is 295 g/mol. The van der Waals surface area contributed by atoms with E-state index in [1.165, 1.54) is 9.60 Å². The van der Waals surface area contributed by atoms with Gasteiger partial charge in [0.25, 0.3) is 0 Å². The molecule has 0 bridgehead atoms. The summed E-state index contributed by atoms with van der Waals surface area (Å²) >= 11 is 6.97. The molecule has 0 fully saturated rings. The average molecular weight is 295 g/mol. The minimum Gasteiger partial charge on any atom is -0.357 e. The second-order valence-electron chi connectivity index (χ2n) is 4.75. The molecule has 0 aliphatic rings. The molecule has 2 rings (SSSR count). The van der Waals surface area contributed by atoms with E-state index in [0.717, 1.165) is 29.3 Å². The van der Waals surface area contributed by atoms with Crippen molar-refractivity contribution in [3.63, 3.8) is 0 Å². The van der Waals surface area contributed by atoms with Gasteiger partial charge in [0.1, 0.15) is 0 Å². The van der Waals surface area contributed by atoms with Crippen LogP contribution < -0.4 is 15.5 Å².